The molecule has 0 bridgehead atoms. The summed E-state index contributed by atoms with van der Waals surface area (Å²) < 4.78 is 11.2. The van der Waals surface area contributed by atoms with Gasteiger partial charge in [-0.05, 0) is 36.9 Å². The number of rotatable bonds is 3. The van der Waals surface area contributed by atoms with E-state index in [1.807, 2.05) is 43.4 Å². The first kappa shape index (κ1) is 12.0. The largest absolute Gasteiger partial charge is 0.486 e. The number of hydrogen-bond acceptors (Lipinski definition) is 4. The van der Waals surface area contributed by atoms with Crippen LogP contribution in [-0.2, 0) is 0 Å². The molecular weight excluding hydrogens is 240 g/mol. The Balaban J connectivity index is 1.96. The van der Waals surface area contributed by atoms with Crippen LogP contribution in [0.3, 0.4) is 0 Å². The van der Waals surface area contributed by atoms with Gasteiger partial charge < -0.3 is 14.8 Å². The Morgan fingerprint density at radius 3 is 2.68 bits per heavy atom. The molecule has 0 saturated carbocycles. The molecule has 1 aliphatic rings. The molecule has 98 valence electrons. The second kappa shape index (κ2) is 5.28. The second-order valence-corrected chi connectivity index (χ2v) is 4.38. The molecule has 19 heavy (non-hydrogen) atoms. The lowest BCUT2D eigenvalue weighted by atomic mass is 10.0. The SMILES string of the molecule is CNC(c1ccc2c(c1)OCCO2)c1ccccn1. The van der Waals surface area contributed by atoms with Crippen molar-refractivity contribution in [2.75, 3.05) is 20.3 Å². The normalized spacial score (nSPS) is 15.0. The van der Waals surface area contributed by atoms with Crippen LogP contribution in [0.2, 0.25) is 0 Å². The Morgan fingerprint density at radius 1 is 1.11 bits per heavy atom. The molecule has 1 aromatic carbocycles. The zero-order valence-corrected chi connectivity index (χ0v) is 10.8. The number of ether oxygens (including phenoxy) is 2. The van der Waals surface area contributed by atoms with Gasteiger partial charge in [0.05, 0.1) is 11.7 Å². The number of fused-ring (bicyclic) bond motifs is 1. The molecule has 0 radical (unpaired) electrons. The van der Waals surface area contributed by atoms with Crippen molar-refractivity contribution in [1.29, 1.82) is 0 Å². The highest BCUT2D eigenvalue weighted by atomic mass is 16.6. The van der Waals surface area contributed by atoms with E-state index >= 15 is 0 Å². The zero-order chi connectivity index (χ0) is 13.1. The van der Waals surface area contributed by atoms with E-state index in [0.717, 1.165) is 22.8 Å². The fourth-order valence-corrected chi connectivity index (χ4v) is 2.27. The highest BCUT2D eigenvalue weighted by molar-refractivity contribution is 5.46. The Bertz CT molecular complexity index is 557. The fourth-order valence-electron chi connectivity index (χ4n) is 2.27. The van der Waals surface area contributed by atoms with Crippen LogP contribution in [-0.4, -0.2) is 25.2 Å². The number of pyridine rings is 1. The van der Waals surface area contributed by atoms with Crippen LogP contribution in [0, 0.1) is 0 Å². The van der Waals surface area contributed by atoms with Gasteiger partial charge in [0, 0.05) is 6.20 Å². The first-order chi connectivity index (χ1) is 9.38. The van der Waals surface area contributed by atoms with Crippen molar-refractivity contribution < 1.29 is 9.47 Å². The lowest BCUT2D eigenvalue weighted by molar-refractivity contribution is 0.171. The summed E-state index contributed by atoms with van der Waals surface area (Å²) >= 11 is 0. The van der Waals surface area contributed by atoms with E-state index in [0.29, 0.717) is 13.2 Å². The third-order valence-electron chi connectivity index (χ3n) is 3.17. The molecule has 0 spiro atoms. The van der Waals surface area contributed by atoms with E-state index in [-0.39, 0.29) is 6.04 Å². The minimum Gasteiger partial charge on any atom is -0.486 e. The molecule has 0 amide bonds. The molecule has 1 unspecified atom stereocenters. The summed E-state index contributed by atoms with van der Waals surface area (Å²) in [6.45, 7) is 1.21. The maximum Gasteiger partial charge on any atom is 0.161 e. The lowest BCUT2D eigenvalue weighted by Gasteiger charge is -2.21. The number of nitrogens with zero attached hydrogens (tertiary/aromatic N) is 1. The molecule has 1 aliphatic heterocycles. The summed E-state index contributed by atoms with van der Waals surface area (Å²) in [6, 6.07) is 12.0. The quantitative estimate of drug-likeness (QED) is 0.914. The van der Waals surface area contributed by atoms with Crippen LogP contribution in [0.25, 0.3) is 0 Å². The van der Waals surface area contributed by atoms with Crippen LogP contribution in [0.4, 0.5) is 0 Å². The monoisotopic (exact) mass is 256 g/mol. The van der Waals surface area contributed by atoms with Gasteiger partial charge in [-0.1, -0.05) is 12.1 Å². The predicted octanol–water partition coefficient (Wildman–Crippen LogP) is 2.16. The van der Waals surface area contributed by atoms with E-state index < -0.39 is 0 Å². The van der Waals surface area contributed by atoms with Crippen molar-refractivity contribution in [3.05, 3.63) is 53.9 Å². The molecule has 0 aliphatic carbocycles. The smallest absolute Gasteiger partial charge is 0.161 e. The molecule has 1 aromatic heterocycles. The molecule has 2 heterocycles. The Kier molecular flexibility index (Phi) is 3.33. The standard InChI is InChI=1S/C15H16N2O2/c1-16-15(12-4-2-3-7-17-12)11-5-6-13-14(10-11)19-9-8-18-13/h2-7,10,15-16H,8-9H2,1H3. The summed E-state index contributed by atoms with van der Waals surface area (Å²) in [6.07, 6.45) is 1.80. The second-order valence-electron chi connectivity index (χ2n) is 4.38. The minimum atomic E-state index is 0.0528. The van der Waals surface area contributed by atoms with Gasteiger partial charge in [0.15, 0.2) is 11.5 Å². The van der Waals surface area contributed by atoms with Crippen LogP contribution in [0.1, 0.15) is 17.3 Å². The van der Waals surface area contributed by atoms with Crippen LogP contribution in [0.5, 0.6) is 11.5 Å². The van der Waals surface area contributed by atoms with Gasteiger partial charge in [-0.2, -0.15) is 0 Å². The summed E-state index contributed by atoms with van der Waals surface area (Å²) in [5.74, 6) is 1.62. The predicted molar refractivity (Wildman–Crippen MR) is 72.6 cm³/mol. The first-order valence-electron chi connectivity index (χ1n) is 6.36. The van der Waals surface area contributed by atoms with Crippen molar-refractivity contribution in [2.45, 2.75) is 6.04 Å². The third kappa shape index (κ3) is 2.39. The first-order valence-corrected chi connectivity index (χ1v) is 6.36. The number of hydrogen-bond donors (Lipinski definition) is 1. The van der Waals surface area contributed by atoms with Crippen molar-refractivity contribution >= 4 is 0 Å². The van der Waals surface area contributed by atoms with Crippen molar-refractivity contribution in [3.63, 3.8) is 0 Å². The maximum atomic E-state index is 5.62. The molecule has 3 rings (SSSR count). The molecule has 0 saturated heterocycles. The summed E-state index contributed by atoms with van der Waals surface area (Å²) in [4.78, 5) is 4.40. The number of nitrogens with one attached hydrogen (secondary N) is 1. The summed E-state index contributed by atoms with van der Waals surface area (Å²) in [5.41, 5.74) is 2.10. The topological polar surface area (TPSA) is 43.4 Å². The van der Waals surface area contributed by atoms with Crippen LogP contribution in [0.15, 0.2) is 42.6 Å². The van der Waals surface area contributed by atoms with E-state index in [1.54, 1.807) is 6.20 Å². The van der Waals surface area contributed by atoms with Crippen LogP contribution < -0.4 is 14.8 Å². The Hall–Kier alpha value is -2.07. The summed E-state index contributed by atoms with van der Waals surface area (Å²) in [5, 5.41) is 3.28. The van der Waals surface area contributed by atoms with Gasteiger partial charge in [-0.15, -0.1) is 0 Å². The van der Waals surface area contributed by atoms with Crippen molar-refractivity contribution in [1.82, 2.24) is 10.3 Å². The summed E-state index contributed by atoms with van der Waals surface area (Å²) in [7, 11) is 1.93. The molecule has 2 aromatic rings. The molecule has 0 fully saturated rings. The average Bonchev–Trinajstić information content (AvgIpc) is 2.49. The van der Waals surface area contributed by atoms with Gasteiger partial charge in [0.1, 0.15) is 13.2 Å². The zero-order valence-electron chi connectivity index (χ0n) is 10.8. The van der Waals surface area contributed by atoms with Gasteiger partial charge >= 0.3 is 0 Å². The van der Waals surface area contributed by atoms with Crippen molar-refractivity contribution in [2.24, 2.45) is 0 Å². The van der Waals surface area contributed by atoms with E-state index in [1.165, 1.54) is 0 Å². The highest BCUT2D eigenvalue weighted by Gasteiger charge is 2.17. The molecule has 1 N–H and O–H groups in total. The molecule has 1 atom stereocenters. The Labute approximate surface area is 112 Å². The highest BCUT2D eigenvalue weighted by Crippen LogP contribution is 2.33. The van der Waals surface area contributed by atoms with E-state index in [9.17, 15) is 0 Å². The maximum absolute atomic E-state index is 5.62. The van der Waals surface area contributed by atoms with Crippen LogP contribution >= 0.6 is 0 Å². The van der Waals surface area contributed by atoms with Crippen molar-refractivity contribution in [3.8, 4) is 11.5 Å². The molecule has 4 nitrogen and oxygen atoms in total. The van der Waals surface area contributed by atoms with E-state index in [4.69, 9.17) is 9.47 Å². The minimum absolute atomic E-state index is 0.0528. The van der Waals surface area contributed by atoms with Gasteiger partial charge in [-0.3, -0.25) is 4.98 Å². The Morgan fingerprint density at radius 2 is 1.95 bits per heavy atom. The number of benzene rings is 1. The van der Waals surface area contributed by atoms with Gasteiger partial charge in [0.25, 0.3) is 0 Å². The van der Waals surface area contributed by atoms with Gasteiger partial charge in [0.2, 0.25) is 0 Å². The molecule has 4 heteroatoms. The molecular formula is C15H16N2O2. The third-order valence-corrected chi connectivity index (χ3v) is 3.17. The van der Waals surface area contributed by atoms with E-state index in [2.05, 4.69) is 10.3 Å². The number of aromatic nitrogens is 1. The lowest BCUT2D eigenvalue weighted by Crippen LogP contribution is -2.20. The average molecular weight is 256 g/mol. The van der Waals surface area contributed by atoms with Gasteiger partial charge in [-0.25, -0.2) is 0 Å². The fraction of sp³-hybridized carbons (Fsp3) is 0.267.